The molecule has 0 aliphatic heterocycles. The van der Waals surface area contributed by atoms with Crippen molar-refractivity contribution in [3.63, 3.8) is 0 Å². The van der Waals surface area contributed by atoms with Gasteiger partial charge in [0.15, 0.2) is 0 Å². The van der Waals surface area contributed by atoms with Gasteiger partial charge in [-0.05, 0) is 42.7 Å². The number of hydrogen-bond acceptors (Lipinski definition) is 3. The molecule has 1 aromatic carbocycles. The second-order valence-corrected chi connectivity index (χ2v) is 6.10. The molecule has 2 unspecified atom stereocenters. The van der Waals surface area contributed by atoms with Crippen molar-refractivity contribution in [2.24, 2.45) is 11.8 Å². The van der Waals surface area contributed by atoms with Crippen molar-refractivity contribution >= 4 is 0 Å². The topological polar surface area (TPSA) is 47.3 Å². The molecule has 0 saturated heterocycles. The van der Waals surface area contributed by atoms with Crippen molar-refractivity contribution in [1.29, 1.82) is 0 Å². The van der Waals surface area contributed by atoms with Crippen LogP contribution in [-0.2, 0) is 4.74 Å². The number of hydrazine groups is 1. The predicted molar refractivity (Wildman–Crippen MR) is 83.4 cm³/mol. The lowest BCUT2D eigenvalue weighted by molar-refractivity contribution is 0.00277. The summed E-state index contributed by atoms with van der Waals surface area (Å²) in [5.41, 5.74) is 5.61. The molecule has 0 aromatic heterocycles. The van der Waals surface area contributed by atoms with Crippen LogP contribution in [0.5, 0.6) is 0 Å². The molecular formula is C17H28N2O. The Hall–Kier alpha value is -0.900. The first-order chi connectivity index (χ1) is 9.67. The van der Waals surface area contributed by atoms with E-state index in [9.17, 15) is 0 Å². The van der Waals surface area contributed by atoms with Gasteiger partial charge in [-0.15, -0.1) is 0 Å². The first kappa shape index (κ1) is 15.5. The molecule has 2 rings (SSSR count). The Bertz CT molecular complexity index is 398. The highest BCUT2D eigenvalue weighted by Gasteiger charge is 2.26. The van der Waals surface area contributed by atoms with Crippen LogP contribution >= 0.6 is 0 Å². The maximum absolute atomic E-state index is 5.88. The Morgan fingerprint density at radius 2 is 1.90 bits per heavy atom. The Labute approximate surface area is 122 Å². The van der Waals surface area contributed by atoms with Gasteiger partial charge in [0.1, 0.15) is 0 Å². The standard InChI is InChI=1S/C17H28N2O/c1-4-20-17(12(2)3)16(19-18)15-10-8-14(9-11-15)13-6-5-7-13/h8-13,16-17,19H,4-7,18H2,1-3H3. The molecular weight excluding hydrogens is 248 g/mol. The van der Waals surface area contributed by atoms with Gasteiger partial charge in [-0.3, -0.25) is 11.3 Å². The van der Waals surface area contributed by atoms with Crippen molar-refractivity contribution < 1.29 is 4.74 Å². The minimum atomic E-state index is 0.0467. The number of nitrogens with two attached hydrogens (primary N) is 1. The van der Waals surface area contributed by atoms with E-state index in [1.54, 1.807) is 0 Å². The van der Waals surface area contributed by atoms with Crippen LogP contribution in [0, 0.1) is 5.92 Å². The monoisotopic (exact) mass is 276 g/mol. The van der Waals surface area contributed by atoms with Crippen molar-refractivity contribution in [3.05, 3.63) is 35.4 Å². The zero-order valence-electron chi connectivity index (χ0n) is 12.9. The summed E-state index contributed by atoms with van der Waals surface area (Å²) in [5, 5.41) is 0. The molecule has 0 amide bonds. The van der Waals surface area contributed by atoms with Crippen molar-refractivity contribution in [2.75, 3.05) is 6.61 Å². The molecule has 2 atom stereocenters. The average molecular weight is 276 g/mol. The summed E-state index contributed by atoms with van der Waals surface area (Å²) >= 11 is 0. The van der Waals surface area contributed by atoms with Crippen molar-refractivity contribution in [3.8, 4) is 0 Å². The van der Waals surface area contributed by atoms with Crippen molar-refractivity contribution in [2.45, 2.75) is 58.1 Å². The summed E-state index contributed by atoms with van der Waals surface area (Å²) in [6.07, 6.45) is 4.15. The fraction of sp³-hybridized carbons (Fsp3) is 0.647. The van der Waals surface area contributed by atoms with Gasteiger partial charge >= 0.3 is 0 Å². The molecule has 20 heavy (non-hydrogen) atoms. The first-order valence-electron chi connectivity index (χ1n) is 7.85. The Morgan fingerprint density at radius 3 is 2.30 bits per heavy atom. The molecule has 0 radical (unpaired) electrons. The van der Waals surface area contributed by atoms with E-state index in [2.05, 4.69) is 43.5 Å². The van der Waals surface area contributed by atoms with E-state index in [-0.39, 0.29) is 12.1 Å². The fourth-order valence-corrected chi connectivity index (χ4v) is 2.96. The van der Waals surface area contributed by atoms with E-state index in [4.69, 9.17) is 10.6 Å². The van der Waals surface area contributed by atoms with Gasteiger partial charge in [-0.2, -0.15) is 0 Å². The third-order valence-electron chi connectivity index (χ3n) is 4.40. The van der Waals surface area contributed by atoms with Crippen LogP contribution < -0.4 is 11.3 Å². The number of rotatable bonds is 7. The number of benzene rings is 1. The number of nitrogens with one attached hydrogen (secondary N) is 1. The van der Waals surface area contributed by atoms with E-state index < -0.39 is 0 Å². The molecule has 1 saturated carbocycles. The van der Waals surface area contributed by atoms with Gasteiger partial charge < -0.3 is 4.74 Å². The van der Waals surface area contributed by atoms with Gasteiger partial charge in [-0.25, -0.2) is 0 Å². The summed E-state index contributed by atoms with van der Waals surface area (Å²) in [6.45, 7) is 7.09. The highest BCUT2D eigenvalue weighted by Crippen LogP contribution is 2.36. The SMILES string of the molecule is CCOC(C(C)C)C(NN)c1ccc(C2CCC2)cc1. The summed E-state index contributed by atoms with van der Waals surface area (Å²) < 4.78 is 5.88. The zero-order chi connectivity index (χ0) is 14.5. The van der Waals surface area contributed by atoms with Crippen LogP contribution in [0.4, 0.5) is 0 Å². The minimum Gasteiger partial charge on any atom is -0.376 e. The highest BCUT2D eigenvalue weighted by atomic mass is 16.5. The molecule has 0 spiro atoms. The number of hydrogen-bond donors (Lipinski definition) is 2. The van der Waals surface area contributed by atoms with E-state index in [0.717, 1.165) is 5.92 Å². The third-order valence-corrected chi connectivity index (χ3v) is 4.40. The van der Waals surface area contributed by atoms with Crippen LogP contribution in [0.15, 0.2) is 24.3 Å². The van der Waals surface area contributed by atoms with Crippen LogP contribution in [0.2, 0.25) is 0 Å². The van der Waals surface area contributed by atoms with Gasteiger partial charge in [0.2, 0.25) is 0 Å². The lowest BCUT2D eigenvalue weighted by Gasteiger charge is -2.30. The average Bonchev–Trinajstić information content (AvgIpc) is 2.38. The molecule has 1 aliphatic rings. The van der Waals surface area contributed by atoms with Crippen LogP contribution in [0.1, 0.15) is 63.1 Å². The zero-order valence-corrected chi connectivity index (χ0v) is 12.9. The van der Waals surface area contributed by atoms with Gasteiger partial charge in [0, 0.05) is 6.61 Å². The molecule has 0 heterocycles. The summed E-state index contributed by atoms with van der Waals surface area (Å²) in [7, 11) is 0. The minimum absolute atomic E-state index is 0.0467. The molecule has 1 fully saturated rings. The highest BCUT2D eigenvalue weighted by molar-refractivity contribution is 5.29. The second kappa shape index (κ2) is 7.21. The summed E-state index contributed by atoms with van der Waals surface area (Å²) in [6, 6.07) is 8.96. The van der Waals surface area contributed by atoms with E-state index in [1.807, 2.05) is 6.92 Å². The normalized spacial score (nSPS) is 18.9. The van der Waals surface area contributed by atoms with E-state index >= 15 is 0 Å². The maximum Gasteiger partial charge on any atom is 0.0805 e. The quantitative estimate of drug-likeness (QED) is 0.591. The Balaban J connectivity index is 2.12. The fourth-order valence-electron chi connectivity index (χ4n) is 2.96. The van der Waals surface area contributed by atoms with Gasteiger partial charge in [0.25, 0.3) is 0 Å². The number of ether oxygens (including phenoxy) is 1. The van der Waals surface area contributed by atoms with E-state index in [0.29, 0.717) is 12.5 Å². The van der Waals surface area contributed by atoms with Crippen LogP contribution in [0.3, 0.4) is 0 Å². The third kappa shape index (κ3) is 3.40. The summed E-state index contributed by atoms with van der Waals surface area (Å²) in [4.78, 5) is 0. The summed E-state index contributed by atoms with van der Waals surface area (Å²) in [5.74, 6) is 6.98. The molecule has 1 aliphatic carbocycles. The first-order valence-corrected chi connectivity index (χ1v) is 7.85. The molecule has 3 heteroatoms. The Morgan fingerprint density at radius 1 is 1.25 bits per heavy atom. The second-order valence-electron chi connectivity index (χ2n) is 6.10. The van der Waals surface area contributed by atoms with Crippen LogP contribution in [0.25, 0.3) is 0 Å². The predicted octanol–water partition coefficient (Wildman–Crippen LogP) is 3.52. The molecule has 0 bridgehead atoms. The van der Waals surface area contributed by atoms with Crippen LogP contribution in [-0.4, -0.2) is 12.7 Å². The molecule has 112 valence electrons. The van der Waals surface area contributed by atoms with E-state index in [1.165, 1.54) is 30.4 Å². The maximum atomic E-state index is 5.88. The van der Waals surface area contributed by atoms with Gasteiger partial charge in [-0.1, -0.05) is 44.5 Å². The van der Waals surface area contributed by atoms with Crippen molar-refractivity contribution in [1.82, 2.24) is 5.43 Å². The lowest BCUT2D eigenvalue weighted by atomic mass is 9.79. The molecule has 3 nitrogen and oxygen atoms in total. The smallest absolute Gasteiger partial charge is 0.0805 e. The molecule has 1 aromatic rings. The lowest BCUT2D eigenvalue weighted by Crippen LogP contribution is -2.40. The van der Waals surface area contributed by atoms with Gasteiger partial charge in [0.05, 0.1) is 12.1 Å². The molecule has 3 N–H and O–H groups in total. The Kier molecular flexibility index (Phi) is 5.58. The largest absolute Gasteiger partial charge is 0.376 e.